The molecule has 3 aromatic carbocycles. The third-order valence-electron chi connectivity index (χ3n) is 5.18. The average Bonchev–Trinajstić information content (AvgIpc) is 3.10. The van der Waals surface area contributed by atoms with Crippen LogP contribution >= 0.6 is 0 Å². The molecule has 4 aromatic rings. The van der Waals surface area contributed by atoms with E-state index in [0.717, 1.165) is 21.9 Å². The molecular formula is C25H22N2O4. The van der Waals surface area contributed by atoms with Gasteiger partial charge in [0.25, 0.3) is 0 Å². The van der Waals surface area contributed by atoms with E-state index >= 15 is 0 Å². The number of amides is 1. The number of nitrogens with one attached hydrogen (secondary N) is 1. The number of para-hydroxylation sites is 1. The van der Waals surface area contributed by atoms with Crippen molar-refractivity contribution < 1.29 is 18.8 Å². The fourth-order valence-corrected chi connectivity index (χ4v) is 3.51. The van der Waals surface area contributed by atoms with Crippen molar-refractivity contribution in [3.8, 4) is 0 Å². The van der Waals surface area contributed by atoms with Gasteiger partial charge in [0.1, 0.15) is 12.4 Å². The monoisotopic (exact) mass is 414 g/mol. The number of fused-ring (bicyclic) bond motifs is 1. The quantitative estimate of drug-likeness (QED) is 0.450. The lowest BCUT2D eigenvalue weighted by Crippen LogP contribution is -2.17. The van der Waals surface area contributed by atoms with Crippen LogP contribution < -0.4 is 5.32 Å². The minimum absolute atomic E-state index is 0.0539. The number of carbonyl (C=O) groups excluding carboxylic acids is 2. The summed E-state index contributed by atoms with van der Waals surface area (Å²) in [5, 5.41) is 8.83. The molecule has 0 atom stereocenters. The summed E-state index contributed by atoms with van der Waals surface area (Å²) in [6, 6.07) is 20.6. The molecular weight excluding hydrogens is 392 g/mol. The average molecular weight is 414 g/mol. The zero-order chi connectivity index (χ0) is 21.8. The molecule has 1 aromatic heterocycles. The minimum atomic E-state index is -0.527. The van der Waals surface area contributed by atoms with Crippen molar-refractivity contribution in [2.45, 2.75) is 26.9 Å². The van der Waals surface area contributed by atoms with Crippen LogP contribution in [0.1, 0.15) is 32.9 Å². The molecule has 0 aliphatic carbocycles. The van der Waals surface area contributed by atoms with E-state index < -0.39 is 5.97 Å². The predicted molar refractivity (Wildman–Crippen MR) is 118 cm³/mol. The second-order valence-electron chi connectivity index (χ2n) is 7.29. The predicted octanol–water partition coefficient (Wildman–Crippen LogP) is 4.98. The van der Waals surface area contributed by atoms with Gasteiger partial charge in [-0.05, 0) is 42.3 Å². The van der Waals surface area contributed by atoms with E-state index in [1.54, 1.807) is 38.1 Å². The summed E-state index contributed by atoms with van der Waals surface area (Å²) in [5.41, 5.74) is 3.05. The van der Waals surface area contributed by atoms with Crippen LogP contribution in [0.15, 0.2) is 71.3 Å². The van der Waals surface area contributed by atoms with Crippen LogP contribution in [0.3, 0.4) is 0 Å². The van der Waals surface area contributed by atoms with Crippen LogP contribution in [0.25, 0.3) is 10.8 Å². The van der Waals surface area contributed by atoms with Crippen molar-refractivity contribution in [2.24, 2.45) is 0 Å². The van der Waals surface area contributed by atoms with Crippen LogP contribution in [0.2, 0.25) is 0 Å². The third-order valence-corrected chi connectivity index (χ3v) is 5.18. The minimum Gasteiger partial charge on any atom is -0.457 e. The number of benzene rings is 3. The van der Waals surface area contributed by atoms with Crippen molar-refractivity contribution in [3.05, 3.63) is 94.9 Å². The fourth-order valence-electron chi connectivity index (χ4n) is 3.51. The highest BCUT2D eigenvalue weighted by Gasteiger charge is 2.17. The second kappa shape index (κ2) is 8.83. The highest BCUT2D eigenvalue weighted by molar-refractivity contribution is 6.02. The molecule has 0 bridgehead atoms. The summed E-state index contributed by atoms with van der Waals surface area (Å²) in [5.74, 6) is -0.120. The summed E-state index contributed by atoms with van der Waals surface area (Å²) in [4.78, 5) is 25.4. The number of carbonyl (C=O) groups is 2. The van der Waals surface area contributed by atoms with Gasteiger partial charge in [-0.2, -0.15) is 0 Å². The molecule has 1 amide bonds. The van der Waals surface area contributed by atoms with Gasteiger partial charge in [-0.1, -0.05) is 59.8 Å². The Morgan fingerprint density at radius 2 is 1.71 bits per heavy atom. The van der Waals surface area contributed by atoms with Crippen molar-refractivity contribution in [3.63, 3.8) is 0 Å². The molecule has 0 unspecified atom stereocenters. The number of esters is 1. The van der Waals surface area contributed by atoms with E-state index in [2.05, 4.69) is 10.5 Å². The van der Waals surface area contributed by atoms with E-state index in [9.17, 15) is 9.59 Å². The Balaban J connectivity index is 1.48. The smallest absolute Gasteiger partial charge is 0.340 e. The molecule has 0 fully saturated rings. The normalized spacial score (nSPS) is 10.8. The van der Waals surface area contributed by atoms with E-state index in [1.165, 1.54) is 0 Å². The summed E-state index contributed by atoms with van der Waals surface area (Å²) >= 11 is 0. The van der Waals surface area contributed by atoms with Gasteiger partial charge in [0.15, 0.2) is 0 Å². The molecule has 0 saturated heterocycles. The molecule has 1 heterocycles. The highest BCUT2D eigenvalue weighted by atomic mass is 16.5. The molecule has 0 aliphatic rings. The molecule has 0 saturated carbocycles. The van der Waals surface area contributed by atoms with Gasteiger partial charge in [-0.25, -0.2) is 4.79 Å². The standard InChI is InChI=1S/C25H22N2O4/c1-16-22(17(2)31-27-16)15-30-25(29)21-12-5-6-13-23(21)26-24(28)14-19-10-7-9-18-8-3-4-11-20(18)19/h3-13H,14-15H2,1-2H3,(H,26,28). The lowest BCUT2D eigenvalue weighted by atomic mass is 10.0. The van der Waals surface area contributed by atoms with E-state index in [0.29, 0.717) is 22.7 Å². The van der Waals surface area contributed by atoms with Gasteiger partial charge in [0.05, 0.1) is 28.9 Å². The lowest BCUT2D eigenvalue weighted by molar-refractivity contribution is -0.115. The Kier molecular flexibility index (Phi) is 5.80. The topological polar surface area (TPSA) is 81.4 Å². The first-order valence-corrected chi connectivity index (χ1v) is 9.97. The van der Waals surface area contributed by atoms with E-state index in [-0.39, 0.29) is 18.9 Å². The number of aromatic nitrogens is 1. The molecule has 0 radical (unpaired) electrons. The Hall–Kier alpha value is -3.93. The van der Waals surface area contributed by atoms with Crippen LogP contribution in [-0.4, -0.2) is 17.0 Å². The summed E-state index contributed by atoms with van der Waals surface area (Å²) in [6.45, 7) is 3.62. The number of anilines is 1. The maximum absolute atomic E-state index is 12.8. The Morgan fingerprint density at radius 1 is 0.968 bits per heavy atom. The van der Waals surface area contributed by atoms with Gasteiger partial charge < -0.3 is 14.6 Å². The summed E-state index contributed by atoms with van der Waals surface area (Å²) in [6.07, 6.45) is 0.198. The van der Waals surface area contributed by atoms with Gasteiger partial charge >= 0.3 is 5.97 Å². The molecule has 6 nitrogen and oxygen atoms in total. The molecule has 156 valence electrons. The number of nitrogens with zero attached hydrogens (tertiary/aromatic N) is 1. The van der Waals surface area contributed by atoms with Crippen LogP contribution in [0.5, 0.6) is 0 Å². The first-order valence-electron chi connectivity index (χ1n) is 9.97. The van der Waals surface area contributed by atoms with Gasteiger partial charge in [0.2, 0.25) is 5.91 Å². The second-order valence-corrected chi connectivity index (χ2v) is 7.29. The van der Waals surface area contributed by atoms with Crippen LogP contribution in [0, 0.1) is 13.8 Å². The van der Waals surface area contributed by atoms with Gasteiger partial charge in [-0.3, -0.25) is 4.79 Å². The number of hydrogen-bond acceptors (Lipinski definition) is 5. The Morgan fingerprint density at radius 3 is 2.52 bits per heavy atom. The molecule has 31 heavy (non-hydrogen) atoms. The van der Waals surface area contributed by atoms with Crippen molar-refractivity contribution >= 4 is 28.3 Å². The summed E-state index contributed by atoms with van der Waals surface area (Å²) < 4.78 is 10.5. The van der Waals surface area contributed by atoms with Crippen LogP contribution in [0.4, 0.5) is 5.69 Å². The number of hydrogen-bond donors (Lipinski definition) is 1. The maximum Gasteiger partial charge on any atom is 0.340 e. The SMILES string of the molecule is Cc1noc(C)c1COC(=O)c1ccccc1NC(=O)Cc1cccc2ccccc12. The zero-order valence-corrected chi connectivity index (χ0v) is 17.3. The van der Waals surface area contributed by atoms with E-state index in [4.69, 9.17) is 9.26 Å². The van der Waals surface area contributed by atoms with Crippen molar-refractivity contribution in [1.82, 2.24) is 5.16 Å². The third kappa shape index (κ3) is 4.48. The number of aryl methyl sites for hydroxylation is 2. The molecule has 1 N–H and O–H groups in total. The van der Waals surface area contributed by atoms with Crippen molar-refractivity contribution in [2.75, 3.05) is 5.32 Å². The van der Waals surface area contributed by atoms with Gasteiger partial charge in [0, 0.05) is 0 Å². The molecule has 0 aliphatic heterocycles. The van der Waals surface area contributed by atoms with Gasteiger partial charge in [-0.15, -0.1) is 0 Å². The zero-order valence-electron chi connectivity index (χ0n) is 17.3. The molecule has 6 heteroatoms. The number of ether oxygens (including phenoxy) is 1. The number of rotatable bonds is 6. The van der Waals surface area contributed by atoms with E-state index in [1.807, 2.05) is 42.5 Å². The largest absolute Gasteiger partial charge is 0.457 e. The van der Waals surface area contributed by atoms with Crippen molar-refractivity contribution in [1.29, 1.82) is 0 Å². The Bertz CT molecular complexity index is 1230. The first kappa shape index (κ1) is 20.3. The maximum atomic E-state index is 12.8. The van der Waals surface area contributed by atoms with Crippen LogP contribution in [-0.2, 0) is 22.6 Å². The summed E-state index contributed by atoms with van der Waals surface area (Å²) in [7, 11) is 0. The lowest BCUT2D eigenvalue weighted by Gasteiger charge is -2.12. The highest BCUT2D eigenvalue weighted by Crippen LogP contribution is 2.22. The molecule has 0 spiro atoms. The fraction of sp³-hybridized carbons (Fsp3) is 0.160. The molecule has 4 rings (SSSR count). The Labute approximate surface area is 179 Å². The first-order chi connectivity index (χ1) is 15.0.